The average Bonchev–Trinajstić information content (AvgIpc) is 3.41. The molecule has 0 radical (unpaired) electrons. The molecule has 0 fully saturated rings. The number of carbonyl (C=O) groups is 4. The topological polar surface area (TPSA) is 339 Å². The fourth-order valence-corrected chi connectivity index (χ4v) is 15.0. The largest absolute Gasteiger partial charge is 0.388 e. The van der Waals surface area contributed by atoms with Gasteiger partial charge in [0.1, 0.15) is 0 Å². The molecule has 0 aliphatic carbocycles. The van der Waals surface area contributed by atoms with Crippen molar-refractivity contribution in [1.29, 1.82) is 0 Å². The van der Waals surface area contributed by atoms with Crippen molar-refractivity contribution in [1.82, 2.24) is 19.6 Å². The summed E-state index contributed by atoms with van der Waals surface area (Å²) in [4.78, 5) is 76.2. The number of aliphatic imine (C=N–C) groups is 4. The molecule has 0 unspecified atom stereocenters. The highest BCUT2D eigenvalue weighted by Gasteiger charge is 2.16. The van der Waals surface area contributed by atoms with Gasteiger partial charge in [0.25, 0.3) is 0 Å². The second-order valence-electron chi connectivity index (χ2n) is 18.2. The third-order valence-electron chi connectivity index (χ3n) is 11.3. The molecule has 4 amide bonds. The molecule has 0 aromatic carbocycles. The Kier molecular flexibility index (Phi) is 55.4. The van der Waals surface area contributed by atoms with Gasteiger partial charge in [0.15, 0.2) is 17.9 Å². The van der Waals surface area contributed by atoms with Crippen LogP contribution in [0.4, 0.5) is 0 Å². The van der Waals surface area contributed by atoms with E-state index in [-0.39, 0.29) is 41.5 Å². The first-order chi connectivity index (χ1) is 38.7. The molecule has 16 N–H and O–H groups in total. The summed E-state index contributed by atoms with van der Waals surface area (Å²) in [6, 6.07) is 0. The molecule has 0 aromatic rings. The number of guanidine groups is 3. The monoisotopic (exact) mass is 1270 g/mol. The molecule has 20 nitrogen and oxygen atoms in total. The van der Waals surface area contributed by atoms with E-state index in [1.54, 1.807) is 29.7 Å². The SMILES string of the molecule is C=CCN(CCN=C(C)N)C(=O)CCSCCCSCCCN(CCN=C(N)N)C(=O)CCSCCCSCCCN(CCN=C(N)N)C(=O)CCSCCCSCCCN(CCN=C(N)N)C(=O)CCSCCCSCCCN. The van der Waals surface area contributed by atoms with Crippen LogP contribution >= 0.6 is 94.1 Å². The van der Waals surface area contributed by atoms with Crippen LogP contribution < -0.4 is 45.9 Å². The summed E-state index contributed by atoms with van der Waals surface area (Å²) in [5.74, 6) is 16.6. The molecule has 0 heterocycles. The highest BCUT2D eigenvalue weighted by Crippen LogP contribution is 2.17. The number of nitrogens with zero attached hydrogens (tertiary/aromatic N) is 8. The molecule has 0 spiro atoms. The van der Waals surface area contributed by atoms with Crippen LogP contribution in [0.25, 0.3) is 0 Å². The molecule has 28 heteroatoms. The van der Waals surface area contributed by atoms with Crippen molar-refractivity contribution < 1.29 is 19.2 Å². The van der Waals surface area contributed by atoms with E-state index >= 15 is 0 Å². The lowest BCUT2D eigenvalue weighted by Crippen LogP contribution is -2.35. The quantitative estimate of drug-likeness (QED) is 0.0183. The number of hydrogen-bond acceptors (Lipinski definition) is 17. The minimum Gasteiger partial charge on any atom is -0.388 e. The van der Waals surface area contributed by atoms with Crippen LogP contribution in [0, 0.1) is 0 Å². The fourth-order valence-electron chi connectivity index (χ4n) is 7.20. The standard InChI is InChI=1S/C52H104N16O4S8/c1-3-21-65(25-17-61-45(2)54)46(69)12-41-77-38-9-34-74-30-5-23-67(27-19-63-51(57)58)48(71)14-43-79-40-11-36-76-32-7-24-68(28-20-64-52(59)60)49(72)15-44-80-39-10-35-75-31-6-22-66(26-18-62-50(55)56)47(70)13-42-78-37-8-33-73-29-4-16-53/h3H,1,4-44,53H2,2H3,(H2,54,61)(H4,55,56,62)(H4,57,58,63)(H4,59,60,64). The number of amides is 4. The van der Waals surface area contributed by atoms with Gasteiger partial charge in [-0.3, -0.25) is 39.1 Å². The van der Waals surface area contributed by atoms with Crippen LogP contribution in [0.3, 0.4) is 0 Å². The maximum absolute atomic E-state index is 13.3. The van der Waals surface area contributed by atoms with Crippen LogP contribution in [-0.2, 0) is 19.2 Å². The Morgan fingerprint density at radius 3 is 0.887 bits per heavy atom. The highest BCUT2D eigenvalue weighted by atomic mass is 32.2. The lowest BCUT2D eigenvalue weighted by atomic mass is 10.3. The van der Waals surface area contributed by atoms with Crippen molar-refractivity contribution in [2.45, 2.75) is 84.0 Å². The van der Waals surface area contributed by atoms with Gasteiger partial charge in [-0.1, -0.05) is 6.08 Å². The molecular formula is C52H104N16O4S8. The maximum atomic E-state index is 13.3. The van der Waals surface area contributed by atoms with Crippen LogP contribution in [0.2, 0.25) is 0 Å². The minimum absolute atomic E-state index is 0.0265. The summed E-state index contributed by atoms with van der Waals surface area (Å²) < 4.78 is 0. The van der Waals surface area contributed by atoms with Crippen molar-refractivity contribution in [2.24, 2.45) is 65.8 Å². The second kappa shape index (κ2) is 57.1. The predicted molar refractivity (Wildman–Crippen MR) is 364 cm³/mol. The summed E-state index contributed by atoms with van der Waals surface area (Å²) in [6.45, 7) is 12.5. The number of hydrogen-bond donors (Lipinski definition) is 8. The van der Waals surface area contributed by atoms with Gasteiger partial charge in [-0.05, 0) is 134 Å². The second-order valence-corrected chi connectivity index (χ2v) is 28.0. The molecule has 0 saturated heterocycles. The molecule has 0 aromatic heterocycles. The lowest BCUT2D eigenvalue weighted by Gasteiger charge is -2.22. The van der Waals surface area contributed by atoms with Crippen molar-refractivity contribution in [3.63, 3.8) is 0 Å². The number of amidine groups is 1. The number of nitrogens with two attached hydrogens (primary N) is 8. The van der Waals surface area contributed by atoms with Crippen LogP contribution in [0.1, 0.15) is 84.0 Å². The Labute approximate surface area is 516 Å². The normalized spacial score (nSPS) is 11.2. The van der Waals surface area contributed by atoms with Crippen molar-refractivity contribution >= 4 is 141 Å². The van der Waals surface area contributed by atoms with E-state index < -0.39 is 0 Å². The molecule has 0 saturated carbocycles. The molecule has 464 valence electrons. The number of rotatable bonds is 57. The Bertz CT molecular complexity index is 1710. The number of thioether (sulfide) groups is 8. The third-order valence-corrected chi connectivity index (χ3v) is 20.2. The van der Waals surface area contributed by atoms with E-state index in [0.29, 0.717) is 110 Å². The summed E-state index contributed by atoms with van der Waals surface area (Å²) in [6.07, 6.45) is 11.8. The Morgan fingerprint density at radius 2 is 0.613 bits per heavy atom. The van der Waals surface area contributed by atoms with Crippen molar-refractivity contribution in [2.75, 3.05) is 177 Å². The molecular weight excluding hydrogens is 1170 g/mol. The van der Waals surface area contributed by atoms with Crippen LogP contribution in [-0.4, -0.2) is 244 Å². The van der Waals surface area contributed by atoms with Gasteiger partial charge in [0.2, 0.25) is 23.6 Å². The van der Waals surface area contributed by atoms with E-state index in [1.165, 1.54) is 0 Å². The fraction of sp³-hybridized carbons (Fsp3) is 0.808. The predicted octanol–water partition coefficient (Wildman–Crippen LogP) is 4.19. The van der Waals surface area contributed by atoms with Gasteiger partial charge in [-0.2, -0.15) is 94.1 Å². The maximum Gasteiger partial charge on any atom is 0.223 e. The van der Waals surface area contributed by atoms with Gasteiger partial charge in [-0.25, -0.2) is 0 Å². The summed E-state index contributed by atoms with van der Waals surface area (Å²) in [7, 11) is 0. The molecule has 0 atom stereocenters. The first kappa shape index (κ1) is 77.7. The molecule has 0 aliphatic rings. The molecule has 0 bridgehead atoms. The van der Waals surface area contributed by atoms with E-state index in [0.717, 1.165) is 150 Å². The Hall–Kier alpha value is -2.34. The molecule has 0 aliphatic heterocycles. The lowest BCUT2D eigenvalue weighted by molar-refractivity contribution is -0.131. The van der Waals surface area contributed by atoms with Gasteiger partial charge in [-0.15, -0.1) is 6.58 Å². The Balaban J connectivity index is 4.43. The number of carbonyl (C=O) groups excluding carboxylic acids is 4. The molecule has 80 heavy (non-hydrogen) atoms. The highest BCUT2D eigenvalue weighted by molar-refractivity contribution is 8.01. The zero-order valence-corrected chi connectivity index (χ0v) is 54.9. The first-order valence-corrected chi connectivity index (χ1v) is 37.4. The van der Waals surface area contributed by atoms with Crippen LogP contribution in [0.15, 0.2) is 32.6 Å². The first-order valence-electron chi connectivity index (χ1n) is 28.2. The van der Waals surface area contributed by atoms with Gasteiger partial charge in [0.05, 0.1) is 32.0 Å². The van der Waals surface area contributed by atoms with Gasteiger partial charge >= 0.3 is 0 Å². The zero-order valence-electron chi connectivity index (χ0n) is 48.4. The van der Waals surface area contributed by atoms with E-state index in [4.69, 9.17) is 45.9 Å². The Morgan fingerprint density at radius 1 is 0.362 bits per heavy atom. The summed E-state index contributed by atoms with van der Waals surface area (Å²) in [5, 5.41) is 0. The van der Waals surface area contributed by atoms with E-state index in [2.05, 4.69) is 26.5 Å². The average molecular weight is 1270 g/mol. The van der Waals surface area contributed by atoms with Gasteiger partial charge in [0, 0.05) is 101 Å². The minimum atomic E-state index is 0.0265. The smallest absolute Gasteiger partial charge is 0.223 e. The van der Waals surface area contributed by atoms with E-state index in [9.17, 15) is 19.2 Å². The van der Waals surface area contributed by atoms with Crippen molar-refractivity contribution in [3.05, 3.63) is 12.7 Å². The zero-order chi connectivity index (χ0) is 59.1. The van der Waals surface area contributed by atoms with Crippen LogP contribution in [0.5, 0.6) is 0 Å². The third kappa shape index (κ3) is 51.3. The molecule has 0 rings (SSSR count). The van der Waals surface area contributed by atoms with Gasteiger partial charge < -0.3 is 65.5 Å². The summed E-state index contributed by atoms with van der Waals surface area (Å²) >= 11 is 14.9. The van der Waals surface area contributed by atoms with Crippen molar-refractivity contribution in [3.8, 4) is 0 Å². The van der Waals surface area contributed by atoms with E-state index in [1.807, 2.05) is 97.0 Å². The summed E-state index contributed by atoms with van der Waals surface area (Å²) in [5.41, 5.74) is 44.5.